The van der Waals surface area contributed by atoms with Crippen molar-refractivity contribution in [1.82, 2.24) is 15.6 Å². The highest BCUT2D eigenvalue weighted by Gasteiger charge is 2.66. The van der Waals surface area contributed by atoms with Crippen molar-refractivity contribution >= 4 is 23.5 Å². The Kier molecular flexibility index (Phi) is 6.83. The molecule has 1 aliphatic rings. The molecule has 1 aromatic heterocycles. The average Bonchev–Trinajstić information content (AvgIpc) is 2.88. The fourth-order valence-electron chi connectivity index (χ4n) is 3.96. The maximum absolute atomic E-state index is 14.0. The van der Waals surface area contributed by atoms with E-state index in [0.717, 1.165) is 12.3 Å². The molecule has 4 rings (SSSR count). The molecule has 1 aliphatic heterocycles. The molecular weight excluding hydrogens is 513 g/mol. The van der Waals surface area contributed by atoms with Gasteiger partial charge < -0.3 is 20.5 Å². The number of hydrogen-bond donors (Lipinski definition) is 3. The predicted molar refractivity (Wildman–Crippen MR) is 122 cm³/mol. The number of esters is 1. The maximum Gasteiger partial charge on any atom is 0.437 e. The first-order valence-corrected chi connectivity index (χ1v) is 10.8. The van der Waals surface area contributed by atoms with Crippen LogP contribution < -0.4 is 15.4 Å². The van der Waals surface area contributed by atoms with E-state index in [4.69, 9.17) is 4.74 Å². The molecule has 2 aromatic carbocycles. The molecule has 0 bridgehead atoms. The summed E-state index contributed by atoms with van der Waals surface area (Å²) in [6, 6.07) is 9.09. The van der Waals surface area contributed by atoms with Crippen LogP contribution in [-0.4, -0.2) is 44.7 Å². The van der Waals surface area contributed by atoms with Crippen molar-refractivity contribution in [3.8, 4) is 5.75 Å². The second kappa shape index (κ2) is 9.89. The van der Waals surface area contributed by atoms with Gasteiger partial charge in [0.15, 0.2) is 5.78 Å². The summed E-state index contributed by atoms with van der Waals surface area (Å²) >= 11 is 0. The summed E-state index contributed by atoms with van der Waals surface area (Å²) in [5.74, 6) is -4.42. The van der Waals surface area contributed by atoms with Crippen LogP contribution in [0.25, 0.3) is 0 Å². The van der Waals surface area contributed by atoms with Crippen LogP contribution in [0.1, 0.15) is 32.3 Å². The summed E-state index contributed by atoms with van der Waals surface area (Å²) in [7, 11) is 0. The highest BCUT2D eigenvalue weighted by atomic mass is 19.4. The van der Waals surface area contributed by atoms with Crippen LogP contribution in [0.5, 0.6) is 5.75 Å². The molecule has 1 fully saturated rings. The third-order valence-corrected chi connectivity index (χ3v) is 5.78. The monoisotopic (exact) mass is 530 g/mol. The molecule has 0 saturated carbocycles. The van der Waals surface area contributed by atoms with E-state index in [2.05, 4.69) is 10.3 Å². The van der Waals surface area contributed by atoms with Crippen molar-refractivity contribution in [3.05, 3.63) is 99.9 Å². The standard InChI is InChI=1S/C24H17F3N4O7/c25-24(26,27)23(35)18(20(32)15-4-2-10-28-12-15)19(29-22(34)30-23)13-6-8-17(9-7-13)38-21(33)14-3-1-5-16(11-14)31(36)37/h1-12,18-19,35H,(H2,29,30,34)/t18-,19-,23-/m1/s1. The van der Waals surface area contributed by atoms with Crippen molar-refractivity contribution in [3.63, 3.8) is 0 Å². The first-order valence-electron chi connectivity index (χ1n) is 10.8. The number of nitrogens with one attached hydrogen (secondary N) is 2. The first kappa shape index (κ1) is 26.2. The summed E-state index contributed by atoms with van der Waals surface area (Å²) < 4.78 is 47.2. The highest BCUT2D eigenvalue weighted by Crippen LogP contribution is 2.44. The Balaban J connectivity index is 1.65. The molecule has 0 radical (unpaired) electrons. The van der Waals surface area contributed by atoms with Crippen molar-refractivity contribution in [2.75, 3.05) is 0 Å². The zero-order chi connectivity index (χ0) is 27.7. The number of aromatic nitrogens is 1. The van der Waals surface area contributed by atoms with E-state index in [1.54, 1.807) is 0 Å². The Morgan fingerprint density at radius 2 is 1.76 bits per heavy atom. The van der Waals surface area contributed by atoms with E-state index in [1.807, 2.05) is 0 Å². The lowest BCUT2D eigenvalue weighted by Gasteiger charge is -2.45. The first-order chi connectivity index (χ1) is 17.9. The number of non-ortho nitro benzene ring substituents is 1. The minimum atomic E-state index is -5.43. The molecule has 196 valence electrons. The van der Waals surface area contributed by atoms with Gasteiger partial charge in [0.1, 0.15) is 11.7 Å². The quantitative estimate of drug-likeness (QED) is 0.144. The van der Waals surface area contributed by atoms with Crippen molar-refractivity contribution in [2.45, 2.75) is 17.9 Å². The minimum Gasteiger partial charge on any atom is -0.423 e. The van der Waals surface area contributed by atoms with Gasteiger partial charge in [-0.2, -0.15) is 13.2 Å². The summed E-state index contributed by atoms with van der Waals surface area (Å²) in [5, 5.41) is 25.2. The number of halogens is 3. The number of rotatable bonds is 6. The molecule has 1 saturated heterocycles. The number of ether oxygens (including phenoxy) is 1. The molecule has 2 heterocycles. The number of hydrogen-bond acceptors (Lipinski definition) is 8. The highest BCUT2D eigenvalue weighted by molar-refractivity contribution is 6.00. The zero-order valence-corrected chi connectivity index (χ0v) is 19.0. The van der Waals surface area contributed by atoms with Gasteiger partial charge in [0, 0.05) is 30.1 Å². The fraction of sp³-hybridized carbons (Fsp3) is 0.167. The van der Waals surface area contributed by atoms with Crippen LogP contribution >= 0.6 is 0 Å². The van der Waals surface area contributed by atoms with Gasteiger partial charge in [0.25, 0.3) is 5.69 Å². The Bertz CT molecular complexity index is 1400. The fourth-order valence-corrected chi connectivity index (χ4v) is 3.96. The van der Waals surface area contributed by atoms with Gasteiger partial charge >= 0.3 is 18.2 Å². The second-order valence-corrected chi connectivity index (χ2v) is 8.19. The summed E-state index contributed by atoms with van der Waals surface area (Å²) in [6.45, 7) is 0. The van der Waals surface area contributed by atoms with Crippen molar-refractivity contribution in [1.29, 1.82) is 0 Å². The lowest BCUT2D eigenvalue weighted by Crippen LogP contribution is -2.72. The SMILES string of the molecule is O=C1N[C@H](c2ccc(OC(=O)c3cccc([N+](=O)[O-])c3)cc2)[C@H](C(=O)c2cccnc2)[C@@](O)(C(F)(F)F)N1. The van der Waals surface area contributed by atoms with E-state index in [-0.39, 0.29) is 28.1 Å². The number of benzene rings is 2. The number of Topliss-reactive ketones (excluding diaryl/α,β-unsaturated/α-hetero) is 1. The molecule has 3 atom stereocenters. The number of amides is 2. The molecule has 2 amide bonds. The molecule has 38 heavy (non-hydrogen) atoms. The minimum absolute atomic E-state index is 0.0140. The third kappa shape index (κ3) is 5.01. The van der Waals surface area contributed by atoms with Gasteiger partial charge in [0.2, 0.25) is 5.72 Å². The van der Waals surface area contributed by atoms with E-state index in [1.165, 1.54) is 66.1 Å². The summed E-state index contributed by atoms with van der Waals surface area (Å²) in [5.41, 5.74) is -4.62. The van der Waals surface area contributed by atoms with E-state index in [0.29, 0.717) is 0 Å². The van der Waals surface area contributed by atoms with Crippen LogP contribution in [0.4, 0.5) is 23.7 Å². The summed E-state index contributed by atoms with van der Waals surface area (Å²) in [4.78, 5) is 51.7. The Morgan fingerprint density at radius 3 is 2.37 bits per heavy atom. The number of carbonyl (C=O) groups excluding carboxylic acids is 3. The van der Waals surface area contributed by atoms with Crippen molar-refractivity contribution in [2.24, 2.45) is 5.92 Å². The second-order valence-electron chi connectivity index (χ2n) is 8.19. The predicted octanol–water partition coefficient (Wildman–Crippen LogP) is 3.31. The number of urea groups is 1. The number of nitro groups is 1. The topological polar surface area (TPSA) is 161 Å². The molecule has 14 heteroatoms. The Labute approximate surface area is 211 Å². The molecule has 11 nitrogen and oxygen atoms in total. The lowest BCUT2D eigenvalue weighted by molar-refractivity contribution is -0.384. The van der Waals surface area contributed by atoms with Crippen LogP contribution in [0.2, 0.25) is 0 Å². The van der Waals surface area contributed by atoms with E-state index >= 15 is 0 Å². The molecule has 0 aliphatic carbocycles. The van der Waals surface area contributed by atoms with Gasteiger partial charge in [-0.05, 0) is 35.9 Å². The van der Waals surface area contributed by atoms with E-state index in [9.17, 15) is 42.8 Å². The number of pyridine rings is 1. The lowest BCUT2D eigenvalue weighted by atomic mass is 9.77. The van der Waals surface area contributed by atoms with Gasteiger partial charge in [-0.3, -0.25) is 19.9 Å². The van der Waals surface area contributed by atoms with Crippen LogP contribution in [0.15, 0.2) is 73.1 Å². The maximum atomic E-state index is 14.0. The van der Waals surface area contributed by atoms with Crippen LogP contribution in [0, 0.1) is 16.0 Å². The van der Waals surface area contributed by atoms with Gasteiger partial charge in [-0.1, -0.05) is 18.2 Å². The zero-order valence-electron chi connectivity index (χ0n) is 19.0. The number of carbonyl (C=O) groups is 3. The number of nitrogens with zero attached hydrogens (tertiary/aromatic N) is 2. The number of alkyl halides is 3. The normalized spacial score (nSPS) is 21.1. The largest absolute Gasteiger partial charge is 0.437 e. The molecule has 0 unspecified atom stereocenters. The van der Waals surface area contributed by atoms with Crippen LogP contribution in [0.3, 0.4) is 0 Å². The summed E-state index contributed by atoms with van der Waals surface area (Å²) in [6.07, 6.45) is -3.10. The number of ketones is 1. The van der Waals surface area contributed by atoms with Gasteiger partial charge in [-0.15, -0.1) is 0 Å². The van der Waals surface area contributed by atoms with Gasteiger partial charge in [0.05, 0.1) is 16.5 Å². The van der Waals surface area contributed by atoms with Crippen molar-refractivity contribution < 1.29 is 42.3 Å². The Hall–Kier alpha value is -4.85. The molecule has 3 aromatic rings. The smallest absolute Gasteiger partial charge is 0.423 e. The Morgan fingerprint density at radius 1 is 1.08 bits per heavy atom. The number of aliphatic hydroxyl groups is 1. The molecule has 3 N–H and O–H groups in total. The van der Waals surface area contributed by atoms with E-state index < -0.39 is 46.6 Å². The number of nitro benzene ring substituents is 1. The van der Waals surface area contributed by atoms with Gasteiger partial charge in [-0.25, -0.2) is 9.59 Å². The average molecular weight is 530 g/mol. The third-order valence-electron chi connectivity index (χ3n) is 5.78. The molecule has 0 spiro atoms. The molecular formula is C24H17F3N4O7. The van der Waals surface area contributed by atoms with Crippen LogP contribution in [-0.2, 0) is 0 Å².